The van der Waals surface area contributed by atoms with Gasteiger partial charge in [-0.25, -0.2) is 4.79 Å². The number of halogens is 1. The number of benzene rings is 1. The van der Waals surface area contributed by atoms with Crippen LogP contribution in [-0.4, -0.2) is 43.3 Å². The van der Waals surface area contributed by atoms with E-state index in [2.05, 4.69) is 10.1 Å². The van der Waals surface area contributed by atoms with Gasteiger partial charge in [-0.05, 0) is 18.2 Å². The lowest BCUT2D eigenvalue weighted by Gasteiger charge is -2.14. The lowest BCUT2D eigenvalue weighted by molar-refractivity contribution is -0.146. The summed E-state index contributed by atoms with van der Waals surface area (Å²) in [5.74, 6) is -0.843. The Morgan fingerprint density at radius 3 is 2.79 bits per heavy atom. The summed E-state index contributed by atoms with van der Waals surface area (Å²) >= 11 is 5.75. The summed E-state index contributed by atoms with van der Waals surface area (Å²) in [6, 6.07) is 5.45. The van der Waals surface area contributed by atoms with E-state index in [1.165, 1.54) is 7.11 Å². The fourth-order valence-corrected chi connectivity index (χ4v) is 1.44. The molecule has 1 unspecified atom stereocenters. The minimum atomic E-state index is -1.10. The van der Waals surface area contributed by atoms with E-state index < -0.39 is 24.5 Å². The molecule has 0 bridgehead atoms. The Labute approximate surface area is 115 Å². The number of carbonyl (C=O) groups excluding carboxylic acids is 2. The molecule has 0 aliphatic carbocycles. The third-order valence-electron chi connectivity index (χ3n) is 2.17. The van der Waals surface area contributed by atoms with Crippen molar-refractivity contribution in [1.29, 1.82) is 0 Å². The van der Waals surface area contributed by atoms with Crippen molar-refractivity contribution in [2.75, 3.05) is 20.3 Å². The highest BCUT2D eigenvalue weighted by molar-refractivity contribution is 6.30. The van der Waals surface area contributed by atoms with Gasteiger partial charge in [0.1, 0.15) is 5.75 Å². The van der Waals surface area contributed by atoms with Gasteiger partial charge >= 0.3 is 5.97 Å². The molecule has 7 heteroatoms. The van der Waals surface area contributed by atoms with Crippen molar-refractivity contribution in [3.8, 4) is 5.75 Å². The number of nitrogens with one attached hydrogen (secondary N) is 1. The molecule has 19 heavy (non-hydrogen) atoms. The van der Waals surface area contributed by atoms with Crippen LogP contribution in [0.1, 0.15) is 0 Å². The quantitative estimate of drug-likeness (QED) is 0.739. The summed E-state index contributed by atoms with van der Waals surface area (Å²) in [4.78, 5) is 22.6. The second kappa shape index (κ2) is 7.60. The first kappa shape index (κ1) is 15.3. The number of hydrogen-bond acceptors (Lipinski definition) is 5. The highest BCUT2D eigenvalue weighted by atomic mass is 35.5. The second-order valence-electron chi connectivity index (χ2n) is 3.57. The van der Waals surface area contributed by atoms with Crippen LogP contribution in [-0.2, 0) is 14.3 Å². The first-order valence-corrected chi connectivity index (χ1v) is 5.81. The van der Waals surface area contributed by atoms with E-state index >= 15 is 0 Å². The molecule has 0 radical (unpaired) electrons. The number of ether oxygens (including phenoxy) is 2. The molecule has 1 rings (SSSR count). The van der Waals surface area contributed by atoms with Gasteiger partial charge in [0.15, 0.2) is 12.6 Å². The lowest BCUT2D eigenvalue weighted by atomic mass is 10.3. The Morgan fingerprint density at radius 2 is 2.21 bits per heavy atom. The molecule has 0 aliphatic heterocycles. The monoisotopic (exact) mass is 287 g/mol. The standard InChI is InChI=1S/C12H14ClNO5/c1-18-12(17)10(6-15)14-11(16)7-19-9-4-2-3-8(13)5-9/h2-5,10,15H,6-7H2,1H3,(H,14,16). The summed E-state index contributed by atoms with van der Waals surface area (Å²) in [6.45, 7) is -0.844. The molecule has 1 aromatic carbocycles. The minimum absolute atomic E-state index is 0.298. The predicted molar refractivity (Wildman–Crippen MR) is 68.0 cm³/mol. The summed E-state index contributed by atoms with van der Waals surface area (Å²) in [5, 5.41) is 11.7. The van der Waals surface area contributed by atoms with E-state index in [0.29, 0.717) is 10.8 Å². The fraction of sp³-hybridized carbons (Fsp3) is 0.333. The largest absolute Gasteiger partial charge is 0.484 e. The van der Waals surface area contributed by atoms with Crippen LogP contribution in [0.4, 0.5) is 0 Å². The fourth-order valence-electron chi connectivity index (χ4n) is 1.26. The highest BCUT2D eigenvalue weighted by Gasteiger charge is 2.20. The van der Waals surface area contributed by atoms with Gasteiger partial charge in [0.25, 0.3) is 5.91 Å². The number of rotatable bonds is 6. The second-order valence-corrected chi connectivity index (χ2v) is 4.01. The van der Waals surface area contributed by atoms with Crippen molar-refractivity contribution in [2.24, 2.45) is 0 Å². The Kier molecular flexibility index (Phi) is 6.11. The number of aliphatic hydroxyl groups is 1. The number of carbonyl (C=O) groups is 2. The van der Waals surface area contributed by atoms with Crippen molar-refractivity contribution in [1.82, 2.24) is 5.32 Å². The van der Waals surface area contributed by atoms with Crippen LogP contribution < -0.4 is 10.1 Å². The van der Waals surface area contributed by atoms with Crippen LogP contribution >= 0.6 is 11.6 Å². The molecule has 0 saturated carbocycles. The van der Waals surface area contributed by atoms with Gasteiger partial charge < -0.3 is 19.9 Å². The molecule has 0 aromatic heterocycles. The topological polar surface area (TPSA) is 84.9 Å². The van der Waals surface area contributed by atoms with Gasteiger partial charge in [-0.3, -0.25) is 4.79 Å². The van der Waals surface area contributed by atoms with Crippen LogP contribution in [0.5, 0.6) is 5.75 Å². The zero-order valence-corrected chi connectivity index (χ0v) is 11.0. The molecular formula is C12H14ClNO5. The predicted octanol–water partition coefficient (Wildman–Crippen LogP) is 0.369. The molecule has 1 amide bonds. The number of amides is 1. The summed E-state index contributed by atoms with van der Waals surface area (Å²) in [7, 11) is 1.17. The SMILES string of the molecule is COC(=O)C(CO)NC(=O)COc1cccc(Cl)c1. The van der Waals surface area contributed by atoms with Crippen LogP contribution in [0.2, 0.25) is 5.02 Å². The van der Waals surface area contributed by atoms with Crippen molar-refractivity contribution in [2.45, 2.75) is 6.04 Å². The molecule has 2 N–H and O–H groups in total. The number of methoxy groups -OCH3 is 1. The number of aliphatic hydroxyl groups excluding tert-OH is 1. The molecular weight excluding hydrogens is 274 g/mol. The van der Waals surface area contributed by atoms with Crippen LogP contribution in [0.25, 0.3) is 0 Å². The lowest BCUT2D eigenvalue weighted by Crippen LogP contribution is -2.45. The Balaban J connectivity index is 2.45. The first-order chi connectivity index (χ1) is 9.06. The third-order valence-corrected chi connectivity index (χ3v) is 2.40. The minimum Gasteiger partial charge on any atom is -0.484 e. The molecule has 0 saturated heterocycles. The average molecular weight is 288 g/mol. The molecule has 0 fully saturated rings. The van der Waals surface area contributed by atoms with E-state index in [4.69, 9.17) is 21.4 Å². The third kappa shape index (κ3) is 5.15. The van der Waals surface area contributed by atoms with E-state index in [9.17, 15) is 9.59 Å². The van der Waals surface area contributed by atoms with Gasteiger partial charge in [-0.1, -0.05) is 17.7 Å². The van der Waals surface area contributed by atoms with Gasteiger partial charge in [0.2, 0.25) is 0 Å². The Hall–Kier alpha value is -1.79. The highest BCUT2D eigenvalue weighted by Crippen LogP contribution is 2.16. The molecule has 0 spiro atoms. The normalized spacial score (nSPS) is 11.5. The maximum absolute atomic E-state index is 11.5. The maximum Gasteiger partial charge on any atom is 0.330 e. The number of hydrogen-bond donors (Lipinski definition) is 2. The average Bonchev–Trinajstić information content (AvgIpc) is 2.41. The zero-order valence-electron chi connectivity index (χ0n) is 10.3. The summed E-state index contributed by atoms with van der Waals surface area (Å²) in [5.41, 5.74) is 0. The zero-order chi connectivity index (χ0) is 14.3. The van der Waals surface area contributed by atoms with Crippen LogP contribution in [0, 0.1) is 0 Å². The van der Waals surface area contributed by atoms with Gasteiger partial charge in [0, 0.05) is 5.02 Å². The summed E-state index contributed by atoms with van der Waals surface area (Å²) in [6.07, 6.45) is 0. The van der Waals surface area contributed by atoms with Crippen molar-refractivity contribution in [3.63, 3.8) is 0 Å². The molecule has 1 atom stereocenters. The van der Waals surface area contributed by atoms with E-state index in [1.54, 1.807) is 24.3 Å². The van der Waals surface area contributed by atoms with Crippen molar-refractivity contribution in [3.05, 3.63) is 29.3 Å². The van der Waals surface area contributed by atoms with Gasteiger partial charge in [-0.15, -0.1) is 0 Å². The molecule has 0 heterocycles. The van der Waals surface area contributed by atoms with E-state index in [-0.39, 0.29) is 6.61 Å². The first-order valence-electron chi connectivity index (χ1n) is 5.43. The maximum atomic E-state index is 11.5. The molecule has 0 aliphatic rings. The Bertz CT molecular complexity index is 452. The van der Waals surface area contributed by atoms with E-state index in [0.717, 1.165) is 0 Å². The van der Waals surface area contributed by atoms with E-state index in [1.807, 2.05) is 0 Å². The van der Waals surface area contributed by atoms with Crippen molar-refractivity contribution >= 4 is 23.5 Å². The van der Waals surface area contributed by atoms with Gasteiger partial charge in [-0.2, -0.15) is 0 Å². The van der Waals surface area contributed by atoms with Gasteiger partial charge in [0.05, 0.1) is 13.7 Å². The smallest absolute Gasteiger partial charge is 0.330 e. The molecule has 1 aromatic rings. The molecule has 6 nitrogen and oxygen atoms in total. The summed E-state index contributed by atoms with van der Waals surface area (Å²) < 4.78 is 9.59. The van der Waals surface area contributed by atoms with Crippen molar-refractivity contribution < 1.29 is 24.2 Å². The molecule has 104 valence electrons. The number of esters is 1. The van der Waals surface area contributed by atoms with Crippen LogP contribution in [0.3, 0.4) is 0 Å². The van der Waals surface area contributed by atoms with Crippen LogP contribution in [0.15, 0.2) is 24.3 Å². The Morgan fingerprint density at radius 1 is 1.47 bits per heavy atom.